The van der Waals surface area contributed by atoms with Gasteiger partial charge in [-0.1, -0.05) is 24.3 Å². The number of aromatic nitrogens is 2. The molecule has 0 atom stereocenters. The minimum atomic E-state index is -3.76. The molecule has 0 radical (unpaired) electrons. The third-order valence-corrected chi connectivity index (χ3v) is 7.59. The number of nitrogens with zero attached hydrogens (tertiary/aromatic N) is 3. The lowest BCUT2D eigenvalue weighted by molar-refractivity contribution is 0.108. The van der Waals surface area contributed by atoms with Crippen LogP contribution in [0.15, 0.2) is 65.8 Å². The van der Waals surface area contributed by atoms with Crippen molar-refractivity contribution in [3.8, 4) is 16.9 Å². The topological polar surface area (TPSA) is 92.5 Å². The molecule has 0 spiro atoms. The molecule has 2 aromatic heterocycles. The van der Waals surface area contributed by atoms with Crippen LogP contribution in [0.2, 0.25) is 0 Å². The van der Waals surface area contributed by atoms with E-state index in [1.54, 1.807) is 54.3 Å². The standard InChI is InChI=1S/C25H24ClN3O4S/c1-28(2)14-19-22-20(12-18(24(19)30)16-8-7-11-27-13-16)29(3)21(23(22)25(26)31)15-34(32,33)17-9-5-4-6-10-17/h4-13,30H,14-15H2,1-3H3. The summed E-state index contributed by atoms with van der Waals surface area (Å²) in [5.41, 5.74) is 2.66. The molecular formula is C25H24ClN3O4S. The Morgan fingerprint density at radius 3 is 2.44 bits per heavy atom. The Balaban J connectivity index is 2.04. The second-order valence-corrected chi connectivity index (χ2v) is 10.7. The normalized spacial score (nSPS) is 11.9. The fourth-order valence-electron chi connectivity index (χ4n) is 4.20. The van der Waals surface area contributed by atoms with E-state index in [0.717, 1.165) is 0 Å². The van der Waals surface area contributed by atoms with Gasteiger partial charge in [0, 0.05) is 53.8 Å². The van der Waals surface area contributed by atoms with Gasteiger partial charge in [-0.3, -0.25) is 9.78 Å². The fraction of sp³-hybridized carbons (Fsp3) is 0.200. The zero-order valence-corrected chi connectivity index (χ0v) is 20.6. The van der Waals surface area contributed by atoms with Gasteiger partial charge in [-0.2, -0.15) is 0 Å². The Kier molecular flexibility index (Phi) is 6.49. The third kappa shape index (κ3) is 4.32. The van der Waals surface area contributed by atoms with E-state index in [4.69, 9.17) is 11.6 Å². The predicted octanol–water partition coefficient (Wildman–Crippen LogP) is 4.36. The number of aromatic hydroxyl groups is 1. The summed E-state index contributed by atoms with van der Waals surface area (Å²) in [6.07, 6.45) is 3.27. The molecule has 0 aliphatic heterocycles. The molecule has 2 heterocycles. The number of rotatable bonds is 7. The van der Waals surface area contributed by atoms with Crippen molar-refractivity contribution in [2.75, 3.05) is 14.1 Å². The zero-order valence-electron chi connectivity index (χ0n) is 19.0. The van der Waals surface area contributed by atoms with Crippen LogP contribution in [-0.2, 0) is 29.2 Å². The number of phenols is 1. The van der Waals surface area contributed by atoms with Gasteiger partial charge in [-0.15, -0.1) is 0 Å². The summed E-state index contributed by atoms with van der Waals surface area (Å²) in [5.74, 6) is -0.420. The van der Waals surface area contributed by atoms with Crippen molar-refractivity contribution in [3.05, 3.63) is 77.7 Å². The zero-order chi connectivity index (χ0) is 24.6. The van der Waals surface area contributed by atoms with Gasteiger partial charge in [0.25, 0.3) is 5.24 Å². The number of benzene rings is 2. The Labute approximate surface area is 203 Å². The number of carbonyl (C=O) groups is 1. The Bertz CT molecular complexity index is 1480. The SMILES string of the molecule is CN(C)Cc1c(O)c(-c2cccnc2)cc2c1c(C(=O)Cl)c(CS(=O)(=O)c1ccccc1)n2C. The number of hydrogen-bond donors (Lipinski definition) is 1. The van der Waals surface area contributed by atoms with Gasteiger partial charge in [-0.25, -0.2) is 8.42 Å². The summed E-state index contributed by atoms with van der Waals surface area (Å²) in [4.78, 5) is 18.8. The molecule has 9 heteroatoms. The molecule has 34 heavy (non-hydrogen) atoms. The first-order valence-electron chi connectivity index (χ1n) is 10.5. The fourth-order valence-corrected chi connectivity index (χ4v) is 5.84. The smallest absolute Gasteiger partial charge is 0.254 e. The van der Waals surface area contributed by atoms with Crippen LogP contribution in [0.25, 0.3) is 22.0 Å². The molecule has 0 aliphatic carbocycles. The molecule has 0 fully saturated rings. The second-order valence-electron chi connectivity index (χ2n) is 8.35. The molecule has 0 aliphatic rings. The summed E-state index contributed by atoms with van der Waals surface area (Å²) in [7, 11) is 1.62. The van der Waals surface area contributed by atoms with E-state index in [-0.39, 0.29) is 21.9 Å². The van der Waals surface area contributed by atoms with Crippen LogP contribution in [0, 0.1) is 0 Å². The summed E-state index contributed by atoms with van der Waals surface area (Å²) >= 11 is 6.04. The molecule has 0 bridgehead atoms. The van der Waals surface area contributed by atoms with Crippen LogP contribution >= 0.6 is 11.6 Å². The first kappa shape index (κ1) is 23.9. The number of fused-ring (bicyclic) bond motifs is 1. The number of pyridine rings is 1. The van der Waals surface area contributed by atoms with E-state index in [1.807, 2.05) is 25.1 Å². The van der Waals surface area contributed by atoms with Crippen LogP contribution < -0.4 is 0 Å². The highest BCUT2D eigenvalue weighted by Crippen LogP contribution is 2.42. The highest BCUT2D eigenvalue weighted by molar-refractivity contribution is 7.90. The van der Waals surface area contributed by atoms with Crippen LogP contribution in [0.4, 0.5) is 0 Å². The molecule has 0 amide bonds. The summed E-state index contributed by atoms with van der Waals surface area (Å²) in [6, 6.07) is 13.4. The van der Waals surface area contributed by atoms with E-state index >= 15 is 0 Å². The molecule has 176 valence electrons. The van der Waals surface area contributed by atoms with Crippen molar-refractivity contribution in [1.82, 2.24) is 14.5 Å². The average molecular weight is 498 g/mol. The van der Waals surface area contributed by atoms with Gasteiger partial charge < -0.3 is 14.6 Å². The molecule has 0 saturated carbocycles. The lowest BCUT2D eigenvalue weighted by atomic mass is 9.97. The van der Waals surface area contributed by atoms with E-state index in [0.29, 0.717) is 34.1 Å². The highest BCUT2D eigenvalue weighted by atomic mass is 35.5. The van der Waals surface area contributed by atoms with Crippen LogP contribution in [0.3, 0.4) is 0 Å². The molecule has 7 nitrogen and oxygen atoms in total. The van der Waals surface area contributed by atoms with Crippen LogP contribution in [0.1, 0.15) is 21.6 Å². The molecule has 0 unspecified atom stereocenters. The van der Waals surface area contributed by atoms with E-state index in [1.165, 1.54) is 12.1 Å². The number of halogens is 1. The quantitative estimate of drug-likeness (QED) is 0.381. The molecule has 1 N–H and O–H groups in total. The number of hydrogen-bond acceptors (Lipinski definition) is 6. The Morgan fingerprint density at radius 2 is 1.85 bits per heavy atom. The van der Waals surface area contributed by atoms with Crippen molar-refractivity contribution in [2.24, 2.45) is 7.05 Å². The van der Waals surface area contributed by atoms with Gasteiger partial charge in [0.1, 0.15) is 5.75 Å². The van der Waals surface area contributed by atoms with Crippen molar-refractivity contribution in [2.45, 2.75) is 17.2 Å². The van der Waals surface area contributed by atoms with Crippen LogP contribution in [-0.4, -0.2) is 47.3 Å². The van der Waals surface area contributed by atoms with E-state index < -0.39 is 20.8 Å². The summed E-state index contributed by atoms with van der Waals surface area (Å²) in [5, 5.41) is 10.9. The Hall–Kier alpha value is -3.20. The van der Waals surface area contributed by atoms with Gasteiger partial charge in [0.2, 0.25) is 0 Å². The first-order valence-corrected chi connectivity index (χ1v) is 12.5. The Morgan fingerprint density at radius 1 is 1.15 bits per heavy atom. The van der Waals surface area contributed by atoms with Gasteiger partial charge >= 0.3 is 0 Å². The molecular weight excluding hydrogens is 474 g/mol. The average Bonchev–Trinajstić information content (AvgIpc) is 3.07. The van der Waals surface area contributed by atoms with Gasteiger partial charge in [-0.05, 0) is 50.0 Å². The van der Waals surface area contributed by atoms with Gasteiger partial charge in [0.15, 0.2) is 9.84 Å². The van der Waals surface area contributed by atoms with Crippen LogP contribution in [0.5, 0.6) is 5.75 Å². The summed E-state index contributed by atoms with van der Waals surface area (Å²) in [6.45, 7) is 0.308. The molecule has 2 aromatic carbocycles. The molecule has 0 saturated heterocycles. The predicted molar refractivity (Wildman–Crippen MR) is 133 cm³/mol. The van der Waals surface area contributed by atoms with E-state index in [2.05, 4.69) is 4.98 Å². The maximum Gasteiger partial charge on any atom is 0.254 e. The third-order valence-electron chi connectivity index (χ3n) is 5.76. The number of sulfone groups is 1. The largest absolute Gasteiger partial charge is 0.507 e. The van der Waals surface area contributed by atoms with Crippen molar-refractivity contribution < 1.29 is 18.3 Å². The van der Waals surface area contributed by atoms with Crippen molar-refractivity contribution >= 4 is 37.6 Å². The van der Waals surface area contributed by atoms with Crippen molar-refractivity contribution in [1.29, 1.82) is 0 Å². The number of phenolic OH excluding ortho intramolecular Hbond substituents is 1. The number of carbonyl (C=O) groups excluding carboxylic acids is 1. The summed E-state index contributed by atoms with van der Waals surface area (Å²) < 4.78 is 28.1. The lowest BCUT2D eigenvalue weighted by Gasteiger charge is -2.16. The highest BCUT2D eigenvalue weighted by Gasteiger charge is 2.29. The minimum Gasteiger partial charge on any atom is -0.507 e. The van der Waals surface area contributed by atoms with Crippen molar-refractivity contribution in [3.63, 3.8) is 0 Å². The lowest BCUT2D eigenvalue weighted by Crippen LogP contribution is -2.12. The second kappa shape index (κ2) is 9.21. The molecule has 4 aromatic rings. The first-order chi connectivity index (χ1) is 16.1. The monoisotopic (exact) mass is 497 g/mol. The van der Waals surface area contributed by atoms with E-state index in [9.17, 15) is 18.3 Å². The minimum absolute atomic E-state index is 0.00330. The van der Waals surface area contributed by atoms with Gasteiger partial charge in [0.05, 0.1) is 21.7 Å². The number of aryl methyl sites for hydroxylation is 1. The maximum absolute atomic E-state index is 13.2. The molecule has 4 rings (SSSR count). The maximum atomic E-state index is 13.2.